The Kier molecular flexibility index (Phi) is 20.5. The third-order valence-electron chi connectivity index (χ3n) is 6.95. The van der Waals surface area contributed by atoms with E-state index in [0.29, 0.717) is 39.6 Å². The van der Waals surface area contributed by atoms with Gasteiger partial charge in [-0.1, -0.05) is 0 Å². The molecule has 0 saturated carbocycles. The minimum absolute atomic E-state index is 0. The molecule has 2 heterocycles. The van der Waals surface area contributed by atoms with E-state index in [-0.39, 0.29) is 33.1 Å². The van der Waals surface area contributed by atoms with E-state index in [2.05, 4.69) is 0 Å². The zero-order valence-electron chi connectivity index (χ0n) is 29.2. The summed E-state index contributed by atoms with van der Waals surface area (Å²) in [5.74, 6) is -2.87. The van der Waals surface area contributed by atoms with Gasteiger partial charge in [-0.2, -0.15) is 36.4 Å². The molecule has 51 heavy (non-hydrogen) atoms. The van der Waals surface area contributed by atoms with Gasteiger partial charge in [-0.05, 0) is 49.5 Å². The summed E-state index contributed by atoms with van der Waals surface area (Å²) in [5, 5.41) is 0. The average molecular weight is 739 g/mol. The quantitative estimate of drug-likeness (QED) is 0.0545. The minimum atomic E-state index is -0.720. The second-order valence-electron chi connectivity index (χ2n) is 10.6. The number of methoxy groups -OCH3 is 2. The summed E-state index contributed by atoms with van der Waals surface area (Å²) in [6.07, 6.45) is 0. The van der Waals surface area contributed by atoms with E-state index in [1.54, 1.807) is 23.4 Å². The zero-order valence-corrected chi connectivity index (χ0v) is 30.7. The summed E-state index contributed by atoms with van der Waals surface area (Å²) in [4.78, 5) is 0. The van der Waals surface area contributed by atoms with Crippen molar-refractivity contribution >= 4 is 0 Å². The predicted octanol–water partition coefficient (Wildman–Crippen LogP) is 8.86. The van der Waals surface area contributed by atoms with E-state index >= 15 is 0 Å². The zero-order chi connectivity index (χ0) is 36.1. The maximum absolute atomic E-state index is 13.8. The van der Waals surface area contributed by atoms with E-state index in [4.69, 9.17) is 18.9 Å². The first-order valence-electron chi connectivity index (χ1n) is 15.8. The molecule has 0 fully saturated rings. The monoisotopic (exact) mass is 738 g/mol. The molecule has 0 radical (unpaired) electrons. The van der Waals surface area contributed by atoms with Gasteiger partial charge in [-0.15, -0.1) is 36.4 Å². The molecule has 0 saturated heterocycles. The number of aromatic nitrogens is 2. The molecule has 0 spiro atoms. The third kappa shape index (κ3) is 14.6. The van der Waals surface area contributed by atoms with Gasteiger partial charge in [0, 0.05) is 60.3 Å². The summed E-state index contributed by atoms with van der Waals surface area (Å²) in [6.45, 7) is 6.26. The van der Waals surface area contributed by atoms with Crippen molar-refractivity contribution in [2.24, 2.45) is 0 Å². The number of nitrogens with zero attached hydrogens (tertiary/aromatic N) is 2. The summed E-state index contributed by atoms with van der Waals surface area (Å²) in [7, 11) is 3.19. The summed E-state index contributed by atoms with van der Waals surface area (Å²) >= 11 is 0. The molecule has 0 aliphatic rings. The first-order chi connectivity index (χ1) is 24.3. The number of ether oxygens (including phenoxy) is 4. The van der Waals surface area contributed by atoms with Crippen LogP contribution in [-0.4, -0.2) is 49.8 Å². The fourth-order valence-corrected chi connectivity index (χ4v) is 4.60. The van der Waals surface area contributed by atoms with Gasteiger partial charge in [0.25, 0.3) is 0 Å². The smallest absolute Gasteiger partial charge is 0.382 e. The molecule has 0 bridgehead atoms. The van der Waals surface area contributed by atoms with Gasteiger partial charge in [0.2, 0.25) is 0 Å². The summed E-state index contributed by atoms with van der Waals surface area (Å²) in [5.41, 5.74) is 3.79. The number of halogens is 4. The first kappa shape index (κ1) is 43.1. The van der Waals surface area contributed by atoms with E-state index in [0.717, 1.165) is 22.8 Å². The minimum Gasteiger partial charge on any atom is -0.382 e. The Hall–Kier alpha value is -4.03. The summed E-state index contributed by atoms with van der Waals surface area (Å²) < 4.78 is 77.6. The van der Waals surface area contributed by atoms with Gasteiger partial charge < -0.3 is 28.1 Å². The summed E-state index contributed by atoms with van der Waals surface area (Å²) in [6, 6.07) is 36.7. The van der Waals surface area contributed by atoms with Crippen molar-refractivity contribution in [1.82, 2.24) is 9.13 Å². The molecule has 11 heteroatoms. The van der Waals surface area contributed by atoms with Gasteiger partial charge >= 0.3 is 21.7 Å². The Morgan fingerprint density at radius 2 is 0.922 bits per heavy atom. The van der Waals surface area contributed by atoms with E-state index < -0.39 is 23.3 Å². The molecule has 0 N–H and O–H groups in total. The van der Waals surface area contributed by atoms with Gasteiger partial charge in [0.1, 0.15) is 0 Å². The Labute approximate surface area is 312 Å². The molecule has 0 aliphatic carbocycles. The number of benzene rings is 2. The molecular weight excluding hydrogens is 696 g/mol. The van der Waals surface area contributed by atoms with E-state index in [9.17, 15) is 17.6 Å². The van der Waals surface area contributed by atoms with Crippen molar-refractivity contribution < 1.29 is 58.2 Å². The van der Waals surface area contributed by atoms with Crippen molar-refractivity contribution in [3.63, 3.8) is 0 Å². The normalized spacial score (nSPS) is 10.2. The second-order valence-corrected chi connectivity index (χ2v) is 10.6. The van der Waals surface area contributed by atoms with E-state index in [1.165, 1.54) is 24.3 Å². The number of hydrogen-bond donors (Lipinski definition) is 0. The second kappa shape index (κ2) is 24.2. The van der Waals surface area contributed by atoms with Gasteiger partial charge in [-0.25, -0.2) is 41.8 Å². The third-order valence-corrected chi connectivity index (χ3v) is 6.95. The molecule has 268 valence electrons. The standard InChI is InChI=1S/2C15H16F2NO2.2C5H5.Ti/c2*1-11-3-5-13(10-20-8-7-19-2)18(11)15-6-4-12(16)9-14(15)17;2*1-2-4-5-3-1;/h2*3-6H,7-8,10H2,1-2H3;2*1-5H;/q4*-1;+4. The molecule has 6 nitrogen and oxygen atoms in total. The Morgan fingerprint density at radius 3 is 1.22 bits per heavy atom. The van der Waals surface area contributed by atoms with Crippen molar-refractivity contribution in [1.29, 1.82) is 0 Å². The molecule has 2 aromatic heterocycles. The molecule has 4 aromatic carbocycles. The SMILES string of the molecule is COCCOCc1ccc(C)n1-c1ccc(F)[c-]c1F.COCCOCc1ccc(C)n1-c1ccc(F)[c-]c1F.[Ti+4].c1cc[cH-]c1.c1cc[cH-]c1. The Morgan fingerprint density at radius 1 is 0.549 bits per heavy atom. The molecule has 6 rings (SSSR count). The maximum Gasteiger partial charge on any atom is 4.00 e. The molecule has 0 unspecified atom stereocenters. The average Bonchev–Trinajstić information content (AvgIpc) is 3.94. The molecule has 0 atom stereocenters. The molecule has 6 aromatic rings. The van der Waals surface area contributed by atoms with Crippen molar-refractivity contribution in [3.8, 4) is 11.4 Å². The van der Waals surface area contributed by atoms with Crippen LogP contribution in [0.2, 0.25) is 0 Å². The Bertz CT molecular complexity index is 1600. The molecular formula is C40H42F4N2O4Ti. The first-order valence-corrected chi connectivity index (χ1v) is 15.8. The molecule has 0 amide bonds. The topological polar surface area (TPSA) is 46.8 Å². The van der Waals surface area contributed by atoms with Crippen molar-refractivity contribution in [2.75, 3.05) is 40.6 Å². The van der Waals surface area contributed by atoms with Crippen LogP contribution < -0.4 is 0 Å². The van der Waals surface area contributed by atoms with Crippen LogP contribution in [0.3, 0.4) is 0 Å². The Balaban J connectivity index is 0.000000273. The van der Waals surface area contributed by atoms with Crippen LogP contribution in [0.15, 0.2) is 109 Å². The predicted molar refractivity (Wildman–Crippen MR) is 186 cm³/mol. The molecule has 0 aliphatic heterocycles. The fourth-order valence-electron chi connectivity index (χ4n) is 4.60. The van der Waals surface area contributed by atoms with Gasteiger partial charge in [0.15, 0.2) is 0 Å². The van der Waals surface area contributed by atoms with E-state index in [1.807, 2.05) is 111 Å². The van der Waals surface area contributed by atoms with Crippen molar-refractivity contribution in [3.05, 3.63) is 167 Å². The van der Waals surface area contributed by atoms with Crippen LogP contribution in [0.25, 0.3) is 11.4 Å². The number of rotatable bonds is 12. The van der Waals surface area contributed by atoms with Crippen LogP contribution in [0.4, 0.5) is 17.6 Å². The van der Waals surface area contributed by atoms with Crippen molar-refractivity contribution in [2.45, 2.75) is 27.1 Å². The fraction of sp³-hybridized carbons (Fsp3) is 0.250. The maximum atomic E-state index is 13.8. The van der Waals surface area contributed by atoms with Crippen LogP contribution >= 0.6 is 0 Å². The van der Waals surface area contributed by atoms with Crippen LogP contribution in [-0.2, 0) is 53.9 Å². The largest absolute Gasteiger partial charge is 4.00 e. The van der Waals surface area contributed by atoms with Crippen LogP contribution in [0.5, 0.6) is 0 Å². The number of aryl methyl sites for hydroxylation is 2. The number of hydrogen-bond acceptors (Lipinski definition) is 4. The van der Waals surface area contributed by atoms with Gasteiger partial charge in [0.05, 0.1) is 39.6 Å². The van der Waals surface area contributed by atoms with Crippen LogP contribution in [0.1, 0.15) is 22.8 Å². The van der Waals surface area contributed by atoms with Crippen LogP contribution in [0, 0.1) is 49.2 Å². The van der Waals surface area contributed by atoms with Gasteiger partial charge in [-0.3, -0.25) is 0 Å².